The third kappa shape index (κ3) is 22.3. The molecule has 14 aromatic rings. The van der Waals surface area contributed by atoms with Crippen LogP contribution in [0.3, 0.4) is 0 Å². The minimum absolute atomic E-state index is 0.0913. The van der Waals surface area contributed by atoms with E-state index in [0.29, 0.717) is 75.3 Å². The number of thioether (sulfide) groups is 1. The average Bonchev–Trinajstić information content (AvgIpc) is 0.965. The SMILES string of the molecule is CC(=O)N1CCN(Cc2cnc[nH]2)c2ccccc21.CN1CCN(Cc2cnc[nH]2)c2ccccc21.COC(=O)N1CCN(Cc2cnc[nH]2)c2ccccc21.Nc1ccc2c(c1)N(Cc1cnc[nH]1)CCS2.O=CNc1cc(F)c2c(c1)N(Cc1cnc[nH]1)CCO2.O=[N+]([O-])c1ccc2c(n1)N(Cc1cnc[nH]1)CCO2.c1ccc2c(c1)NCCN2Cc1cnc[nH]1. The molecule has 39 heteroatoms. The first-order valence-corrected chi connectivity index (χ1v) is 42.6. The maximum absolute atomic E-state index is 14.0. The Morgan fingerprint density at radius 1 is 0.500 bits per heavy atom. The molecule has 0 spiro atoms. The van der Waals surface area contributed by atoms with Crippen molar-refractivity contribution in [2.45, 2.75) is 57.6 Å². The van der Waals surface area contributed by atoms with Crippen LogP contribution in [0.4, 0.5) is 89.1 Å². The average molecular weight is 1760 g/mol. The van der Waals surface area contributed by atoms with Crippen molar-refractivity contribution < 1.29 is 37.9 Å². The Bertz CT molecular complexity index is 5860. The number of benzene rings is 6. The van der Waals surface area contributed by atoms with Gasteiger partial charge in [0.1, 0.15) is 13.2 Å². The van der Waals surface area contributed by atoms with E-state index >= 15 is 0 Å². The predicted octanol–water partition coefficient (Wildman–Crippen LogP) is 12.2. The quantitative estimate of drug-likeness (QED) is 0.0175. The lowest BCUT2D eigenvalue weighted by Gasteiger charge is -2.37. The zero-order chi connectivity index (χ0) is 88.5. The molecule has 0 aliphatic carbocycles. The monoisotopic (exact) mass is 1750 g/mol. The van der Waals surface area contributed by atoms with Crippen LogP contribution in [0.5, 0.6) is 11.5 Å². The number of fused-ring (bicyclic) bond motifs is 7. The summed E-state index contributed by atoms with van der Waals surface area (Å²) in [4.78, 5) is 121. The molecule has 662 valence electrons. The molecule has 21 rings (SSSR count). The summed E-state index contributed by atoms with van der Waals surface area (Å²) in [6.07, 6.45) is 24.6. The Morgan fingerprint density at radius 3 is 1.44 bits per heavy atom. The summed E-state index contributed by atoms with van der Waals surface area (Å²) in [6, 6.07) is 44.8. The number of carbonyl (C=O) groups is 3. The number of carbonyl (C=O) groups excluding carboxylic acids is 3. The van der Waals surface area contributed by atoms with Gasteiger partial charge in [-0.1, -0.05) is 48.5 Å². The third-order valence-corrected chi connectivity index (χ3v) is 22.8. The lowest BCUT2D eigenvalue weighted by atomic mass is 10.1. The lowest BCUT2D eigenvalue weighted by molar-refractivity contribution is -0.389. The van der Waals surface area contributed by atoms with Gasteiger partial charge in [0.15, 0.2) is 17.3 Å². The standard InChI is InChI=1S/C14H16N4O2.C14H16N4O.C13H13FN4O2.C13H16N4.C12H14N4S.C12H14N4.C11H11N5O3/c1-20-14(19)18-7-6-17(9-11-8-15-10-16-11)12-4-2-3-5-13(12)18;1-11(19)18-7-6-17(9-12-8-15-10-16-12)13-4-2-3-5-14(13)18;14-11-3-9(17-8-19)4-12-13(11)20-2-1-18(12)6-10-5-15-7-16-10;1-16-6-7-17(9-11-8-14-10-15-11)13-5-3-2-4-12(13)16;13-9-1-2-12-11(5-9)16(3-4-17-12)7-10-6-14-8-15-10;1-2-4-12-11(3-1)14-5-6-16(12)8-10-7-13-9-15-10;17-16(18)10-2-1-9-11(14-10)15(3-4-19-9)6-8-5-12-7-13-8/h2-5,8,10H,6-7,9H2,1H3,(H,15,16);2-5,8,10H,6-7,9H2,1H3,(H,15,16);3-5,7-8H,1-2,6H2,(H,15,16)(H,17,19);2-5,8,10H,6-7,9H2,1H3,(H,14,15);1-2,5-6,8H,3-4,7,13H2,(H,14,15);1-4,7,9,14H,5-6,8H2,(H,13,15);1-2,5,7H,3-4,6H2,(H,12,13). The first-order valence-electron chi connectivity index (χ1n) is 41.6. The number of nitrogens with two attached hydrogens (primary N) is 1. The molecule has 7 aliphatic heterocycles. The summed E-state index contributed by atoms with van der Waals surface area (Å²) in [5, 5.41) is 16.6. The number of halogens is 1. The molecule has 0 saturated carbocycles. The van der Waals surface area contributed by atoms with Gasteiger partial charge in [0.05, 0.1) is 207 Å². The molecule has 0 fully saturated rings. The Kier molecular flexibility index (Phi) is 29.1. The van der Waals surface area contributed by atoms with Gasteiger partial charge in [-0.05, 0) is 88.8 Å². The van der Waals surface area contributed by atoms with Crippen molar-refractivity contribution in [3.05, 3.63) is 283 Å². The molecule has 0 saturated heterocycles. The van der Waals surface area contributed by atoms with Crippen molar-refractivity contribution in [2.24, 2.45) is 0 Å². The van der Waals surface area contributed by atoms with Crippen molar-refractivity contribution in [3.8, 4) is 11.5 Å². The second-order valence-corrected chi connectivity index (χ2v) is 31.3. The van der Waals surface area contributed by atoms with Crippen LogP contribution in [0, 0.1) is 15.9 Å². The zero-order valence-corrected chi connectivity index (χ0v) is 71.7. The number of hydrogen-bond acceptors (Lipinski definition) is 27. The number of nitrogen functional groups attached to an aromatic ring is 1. The number of nitrogens with zero attached hydrogens (tertiary/aromatic N) is 19. The third-order valence-electron chi connectivity index (χ3n) is 21.8. The largest absolute Gasteiger partial charge is 0.486 e. The van der Waals surface area contributed by atoms with Gasteiger partial charge in [0.2, 0.25) is 12.3 Å². The number of nitro groups is 1. The molecule has 15 heterocycles. The van der Waals surface area contributed by atoms with Crippen molar-refractivity contribution >= 4 is 110 Å². The highest BCUT2D eigenvalue weighted by Gasteiger charge is 2.32. The fourth-order valence-corrected chi connectivity index (χ4v) is 16.6. The number of nitrogens with one attached hydrogen (secondary N) is 9. The molecule has 37 nitrogen and oxygen atoms in total. The van der Waals surface area contributed by atoms with Crippen LogP contribution < -0.4 is 74.8 Å². The summed E-state index contributed by atoms with van der Waals surface area (Å²) in [5.74, 6) is 1.82. The fraction of sp³-hybridized carbons (Fsp3) is 0.270. The van der Waals surface area contributed by atoms with Crippen LogP contribution in [0.25, 0.3) is 0 Å². The second-order valence-electron chi connectivity index (χ2n) is 30.2. The van der Waals surface area contributed by atoms with Crippen LogP contribution in [0.15, 0.2) is 232 Å². The number of ether oxygens (including phenoxy) is 3. The molecular formula is C89H100FN29O8S. The van der Waals surface area contributed by atoms with Crippen LogP contribution in [-0.2, 0) is 60.1 Å². The molecule has 128 heavy (non-hydrogen) atoms. The number of rotatable bonds is 17. The number of para-hydroxylation sites is 8. The molecule has 0 unspecified atom stereocenters. The number of H-pyrrole nitrogens is 7. The van der Waals surface area contributed by atoms with Gasteiger partial charge in [-0.3, -0.25) is 14.5 Å². The van der Waals surface area contributed by atoms with E-state index < -0.39 is 10.7 Å². The minimum Gasteiger partial charge on any atom is -0.486 e. The van der Waals surface area contributed by atoms with Gasteiger partial charge in [-0.2, -0.15) is 0 Å². The summed E-state index contributed by atoms with van der Waals surface area (Å²) in [7, 11) is 3.55. The summed E-state index contributed by atoms with van der Waals surface area (Å²) >= 11 is 1.89. The highest BCUT2D eigenvalue weighted by atomic mass is 32.2. The summed E-state index contributed by atoms with van der Waals surface area (Å²) < 4.78 is 29.7. The van der Waals surface area contributed by atoms with Crippen molar-refractivity contribution in [3.63, 3.8) is 0 Å². The Labute approximate surface area is 741 Å². The number of methoxy groups -OCH3 is 1. The molecule has 6 aromatic carbocycles. The van der Waals surface area contributed by atoms with E-state index in [9.17, 15) is 28.9 Å². The van der Waals surface area contributed by atoms with Crippen LogP contribution >= 0.6 is 11.8 Å². The predicted molar refractivity (Wildman–Crippen MR) is 492 cm³/mol. The van der Waals surface area contributed by atoms with E-state index in [1.165, 1.54) is 52.6 Å². The van der Waals surface area contributed by atoms with E-state index in [-0.39, 0.29) is 23.6 Å². The van der Waals surface area contributed by atoms with E-state index in [4.69, 9.17) is 19.9 Å². The smallest absolute Gasteiger partial charge is 0.414 e. The molecule has 0 atom stereocenters. The van der Waals surface area contributed by atoms with Crippen LogP contribution in [-0.4, -0.2) is 203 Å². The van der Waals surface area contributed by atoms with Gasteiger partial charge >= 0.3 is 11.9 Å². The van der Waals surface area contributed by atoms with Gasteiger partial charge in [-0.15, -0.1) is 11.8 Å². The van der Waals surface area contributed by atoms with Crippen LogP contribution in [0.1, 0.15) is 46.8 Å². The number of anilines is 13. The molecule has 0 radical (unpaired) electrons. The van der Waals surface area contributed by atoms with Crippen molar-refractivity contribution in [2.75, 3.05) is 170 Å². The summed E-state index contributed by atoms with van der Waals surface area (Å²) in [5.41, 5.74) is 25.4. The van der Waals surface area contributed by atoms with Gasteiger partial charge in [-0.25, -0.2) is 44.1 Å². The number of imidazole rings is 7. The number of aromatic nitrogens is 15. The van der Waals surface area contributed by atoms with E-state index in [1.807, 2.05) is 106 Å². The topological polar surface area (TPSA) is 418 Å². The number of pyridine rings is 1. The van der Waals surface area contributed by atoms with Crippen LogP contribution in [0.2, 0.25) is 0 Å². The normalized spacial score (nSPS) is 14.2. The van der Waals surface area contributed by atoms with Gasteiger partial charge in [0, 0.05) is 150 Å². The molecular weight excluding hydrogens is 1650 g/mol. The minimum atomic E-state index is -0.511. The lowest BCUT2D eigenvalue weighted by Crippen LogP contribution is -2.43. The number of likely N-dealkylation sites (N-methyl/N-ethyl adjacent to an activating group) is 1. The Balaban J connectivity index is 0.000000115. The molecule has 11 N–H and O–H groups in total. The summed E-state index contributed by atoms with van der Waals surface area (Å²) in [6.45, 7) is 17.2. The Hall–Kier alpha value is -15.6. The first-order chi connectivity index (χ1) is 62.7. The number of aromatic amines is 7. The maximum atomic E-state index is 14.0. The van der Waals surface area contributed by atoms with Gasteiger partial charge in [0.25, 0.3) is 5.82 Å². The fourth-order valence-electron chi connectivity index (χ4n) is 15.6. The number of hydrogen-bond donors (Lipinski definition) is 10. The molecule has 8 aromatic heterocycles. The van der Waals surface area contributed by atoms with E-state index in [1.54, 1.807) is 80.6 Å². The second kappa shape index (κ2) is 42.7. The molecule has 3 amide bonds. The maximum Gasteiger partial charge on any atom is 0.414 e. The molecule has 0 bridgehead atoms. The van der Waals surface area contributed by atoms with Crippen molar-refractivity contribution in [1.29, 1.82) is 0 Å². The highest BCUT2D eigenvalue weighted by Crippen LogP contribution is 2.41. The van der Waals surface area contributed by atoms with Crippen molar-refractivity contribution in [1.82, 2.24) is 74.8 Å². The first kappa shape index (κ1) is 87.3. The molecule has 7 aliphatic rings. The van der Waals surface area contributed by atoms with Gasteiger partial charge < -0.3 is 120 Å². The zero-order valence-electron chi connectivity index (χ0n) is 70.9. The Morgan fingerprint density at radius 2 is 0.938 bits per heavy atom. The number of amides is 3. The highest BCUT2D eigenvalue weighted by molar-refractivity contribution is 7.99. The van der Waals surface area contributed by atoms with E-state index in [2.05, 4.69) is 189 Å². The van der Waals surface area contributed by atoms with E-state index in [0.717, 1.165) is 159 Å².